The normalized spacial score (nSPS) is 27.4. The van der Waals surface area contributed by atoms with Crippen LogP contribution >= 0.6 is 0 Å². The van der Waals surface area contributed by atoms with Crippen molar-refractivity contribution in [3.8, 4) is 5.75 Å². The largest absolute Gasteiger partial charge is 0.573 e. The molecule has 1 heterocycles. The molecule has 1 aromatic carbocycles. The molecular formula is C18H18F3NO3. The summed E-state index contributed by atoms with van der Waals surface area (Å²) in [5.74, 6) is -0.357. The molecule has 1 atom stereocenters. The van der Waals surface area contributed by atoms with E-state index in [0.717, 1.165) is 0 Å². The van der Waals surface area contributed by atoms with Crippen molar-refractivity contribution in [3.63, 3.8) is 0 Å². The summed E-state index contributed by atoms with van der Waals surface area (Å²) in [6.45, 7) is 1.63. The SMILES string of the molecule is C[C@]1(O)C[C@](c2cccc(OC(F)(F)F)c2)([C@H](O)c2ccccn2)C1. The molecule has 7 heteroatoms. The monoisotopic (exact) mass is 353 g/mol. The van der Waals surface area contributed by atoms with E-state index in [0.29, 0.717) is 11.3 Å². The van der Waals surface area contributed by atoms with Gasteiger partial charge >= 0.3 is 6.36 Å². The van der Waals surface area contributed by atoms with E-state index in [2.05, 4.69) is 9.72 Å². The van der Waals surface area contributed by atoms with Crippen molar-refractivity contribution in [2.24, 2.45) is 0 Å². The quantitative estimate of drug-likeness (QED) is 0.883. The smallest absolute Gasteiger partial charge is 0.406 e. The molecule has 25 heavy (non-hydrogen) atoms. The van der Waals surface area contributed by atoms with Crippen LogP contribution in [0, 0.1) is 0 Å². The highest BCUT2D eigenvalue weighted by Crippen LogP contribution is 2.57. The van der Waals surface area contributed by atoms with Crippen LogP contribution in [0.15, 0.2) is 48.7 Å². The molecule has 0 bridgehead atoms. The first-order chi connectivity index (χ1) is 11.6. The highest BCUT2D eigenvalue weighted by Gasteiger charge is 2.57. The molecule has 1 aliphatic rings. The summed E-state index contributed by atoms with van der Waals surface area (Å²) in [6, 6.07) is 10.6. The van der Waals surface area contributed by atoms with E-state index in [1.807, 2.05) is 0 Å². The summed E-state index contributed by atoms with van der Waals surface area (Å²) in [5, 5.41) is 21.1. The summed E-state index contributed by atoms with van der Waals surface area (Å²) in [7, 11) is 0. The maximum atomic E-state index is 12.5. The number of rotatable bonds is 4. The summed E-state index contributed by atoms with van der Waals surface area (Å²) >= 11 is 0. The number of pyridine rings is 1. The molecule has 1 saturated carbocycles. The first-order valence-electron chi connectivity index (χ1n) is 7.79. The van der Waals surface area contributed by atoms with E-state index in [4.69, 9.17) is 0 Å². The molecule has 1 aliphatic carbocycles. The predicted octanol–water partition coefficient (Wildman–Crippen LogP) is 3.50. The lowest BCUT2D eigenvalue weighted by atomic mass is 9.53. The van der Waals surface area contributed by atoms with E-state index in [1.165, 1.54) is 24.4 Å². The van der Waals surface area contributed by atoms with Gasteiger partial charge in [-0.2, -0.15) is 0 Å². The number of halogens is 3. The fraction of sp³-hybridized carbons (Fsp3) is 0.389. The molecule has 134 valence electrons. The fourth-order valence-corrected chi connectivity index (χ4v) is 3.69. The minimum absolute atomic E-state index is 0.202. The first kappa shape index (κ1) is 17.7. The summed E-state index contributed by atoms with van der Waals surface area (Å²) in [5.41, 5.74) is -1.06. The Labute approximate surface area is 142 Å². The fourth-order valence-electron chi connectivity index (χ4n) is 3.69. The third kappa shape index (κ3) is 3.62. The zero-order valence-corrected chi connectivity index (χ0v) is 13.5. The van der Waals surface area contributed by atoms with Crippen molar-refractivity contribution in [1.29, 1.82) is 0 Å². The Hall–Kier alpha value is -2.12. The second kappa shape index (κ2) is 6.00. The number of aromatic nitrogens is 1. The lowest BCUT2D eigenvalue weighted by Crippen LogP contribution is -2.56. The Bertz CT molecular complexity index is 739. The van der Waals surface area contributed by atoms with Crippen molar-refractivity contribution in [3.05, 3.63) is 59.9 Å². The van der Waals surface area contributed by atoms with Crippen LogP contribution in [0.3, 0.4) is 0 Å². The molecule has 0 saturated heterocycles. The molecule has 2 N–H and O–H groups in total. The Morgan fingerprint density at radius 1 is 1.16 bits per heavy atom. The second-order valence-corrected chi connectivity index (χ2v) is 6.74. The van der Waals surface area contributed by atoms with Crippen LogP contribution in [0.5, 0.6) is 5.75 Å². The van der Waals surface area contributed by atoms with E-state index >= 15 is 0 Å². The zero-order chi connectivity index (χ0) is 18.3. The highest BCUT2D eigenvalue weighted by molar-refractivity contribution is 5.40. The number of nitrogens with zero attached hydrogens (tertiary/aromatic N) is 1. The van der Waals surface area contributed by atoms with Gasteiger partial charge in [-0.1, -0.05) is 18.2 Å². The van der Waals surface area contributed by atoms with Crippen molar-refractivity contribution < 1.29 is 28.1 Å². The molecule has 2 aromatic rings. The molecule has 0 unspecified atom stereocenters. The maximum absolute atomic E-state index is 12.5. The minimum Gasteiger partial charge on any atom is -0.406 e. The first-order valence-corrected chi connectivity index (χ1v) is 7.79. The van der Waals surface area contributed by atoms with Crippen molar-refractivity contribution in [2.45, 2.75) is 43.2 Å². The Morgan fingerprint density at radius 3 is 2.44 bits per heavy atom. The van der Waals surface area contributed by atoms with Crippen LogP contribution in [0.1, 0.15) is 37.1 Å². The van der Waals surface area contributed by atoms with Gasteiger partial charge in [0.25, 0.3) is 0 Å². The van der Waals surface area contributed by atoms with Crippen LogP contribution in [0.2, 0.25) is 0 Å². The highest BCUT2D eigenvalue weighted by atomic mass is 19.4. The van der Waals surface area contributed by atoms with E-state index in [9.17, 15) is 23.4 Å². The van der Waals surface area contributed by atoms with Crippen LogP contribution in [-0.4, -0.2) is 27.2 Å². The number of benzene rings is 1. The molecule has 1 aromatic heterocycles. The Kier molecular flexibility index (Phi) is 4.25. The standard InChI is InChI=1S/C18H18F3NO3/c1-16(24)10-17(11-16,15(23)14-7-2-3-8-22-14)12-5-4-6-13(9-12)25-18(19,20)21/h2-9,15,23-24H,10-11H2,1H3/t15-,16-,17-/m1/s1. The molecule has 3 rings (SSSR count). The Morgan fingerprint density at radius 2 is 1.88 bits per heavy atom. The number of hydrogen-bond donors (Lipinski definition) is 2. The molecule has 0 radical (unpaired) electrons. The number of aliphatic hydroxyl groups is 2. The van der Waals surface area contributed by atoms with Gasteiger partial charge in [0, 0.05) is 11.6 Å². The van der Waals surface area contributed by atoms with Crippen LogP contribution < -0.4 is 4.74 Å². The molecule has 0 spiro atoms. The molecule has 0 amide bonds. The van der Waals surface area contributed by atoms with Crippen molar-refractivity contribution in [1.82, 2.24) is 4.98 Å². The van der Waals surface area contributed by atoms with E-state index < -0.39 is 23.5 Å². The number of aliphatic hydroxyl groups excluding tert-OH is 1. The number of ether oxygens (including phenoxy) is 1. The predicted molar refractivity (Wildman–Crippen MR) is 83.9 cm³/mol. The maximum Gasteiger partial charge on any atom is 0.573 e. The van der Waals surface area contributed by atoms with Crippen LogP contribution in [-0.2, 0) is 5.41 Å². The van der Waals surface area contributed by atoms with Gasteiger partial charge in [0.2, 0.25) is 0 Å². The van der Waals surface area contributed by atoms with Crippen LogP contribution in [0.4, 0.5) is 13.2 Å². The number of alkyl halides is 3. The summed E-state index contributed by atoms with van der Waals surface area (Å²) in [6.07, 6.45) is -3.92. The van der Waals surface area contributed by atoms with Gasteiger partial charge in [-0.25, -0.2) is 0 Å². The Balaban J connectivity index is 1.98. The molecule has 4 nitrogen and oxygen atoms in total. The van der Waals surface area contributed by atoms with Crippen molar-refractivity contribution in [2.75, 3.05) is 0 Å². The van der Waals surface area contributed by atoms with E-state index in [1.54, 1.807) is 31.2 Å². The van der Waals surface area contributed by atoms with Gasteiger partial charge < -0.3 is 14.9 Å². The van der Waals surface area contributed by atoms with E-state index in [-0.39, 0.29) is 18.6 Å². The third-order valence-electron chi connectivity index (χ3n) is 4.53. The second-order valence-electron chi connectivity index (χ2n) is 6.74. The average Bonchev–Trinajstić information content (AvgIpc) is 2.51. The minimum atomic E-state index is -4.80. The van der Waals surface area contributed by atoms with Gasteiger partial charge in [0.1, 0.15) is 11.9 Å². The number of hydrogen-bond acceptors (Lipinski definition) is 4. The lowest BCUT2D eigenvalue weighted by molar-refractivity contribution is -0.274. The third-order valence-corrected chi connectivity index (χ3v) is 4.53. The van der Waals surface area contributed by atoms with Crippen LogP contribution in [0.25, 0.3) is 0 Å². The van der Waals surface area contributed by atoms with Gasteiger partial charge in [-0.3, -0.25) is 4.98 Å². The topological polar surface area (TPSA) is 62.6 Å². The zero-order valence-electron chi connectivity index (χ0n) is 13.5. The summed E-state index contributed by atoms with van der Waals surface area (Å²) in [4.78, 5) is 4.14. The van der Waals surface area contributed by atoms with Crippen molar-refractivity contribution >= 4 is 0 Å². The van der Waals surface area contributed by atoms with Gasteiger partial charge in [0.15, 0.2) is 0 Å². The van der Waals surface area contributed by atoms with Gasteiger partial charge in [-0.05, 0) is 49.6 Å². The lowest BCUT2D eigenvalue weighted by Gasteiger charge is -2.54. The average molecular weight is 353 g/mol. The molecule has 1 fully saturated rings. The summed E-state index contributed by atoms with van der Waals surface area (Å²) < 4.78 is 41.5. The van der Waals surface area contributed by atoms with Gasteiger partial charge in [0.05, 0.1) is 11.3 Å². The molecular weight excluding hydrogens is 335 g/mol. The molecule has 0 aliphatic heterocycles. The van der Waals surface area contributed by atoms with Gasteiger partial charge in [-0.15, -0.1) is 13.2 Å².